The van der Waals surface area contributed by atoms with Crippen molar-refractivity contribution < 1.29 is 69.1 Å². The van der Waals surface area contributed by atoms with Crippen molar-refractivity contribution in [2.24, 2.45) is 0 Å². The number of aldehydes is 1. The van der Waals surface area contributed by atoms with Gasteiger partial charge in [-0.25, -0.2) is 0 Å². The zero-order valence-corrected chi connectivity index (χ0v) is 10.4. The average Bonchev–Trinajstić information content (AvgIpc) is 1.85. The van der Waals surface area contributed by atoms with E-state index in [2.05, 4.69) is 0 Å². The number of carbonyl (C=O) groups is 1. The molecule has 0 aromatic carbocycles. The van der Waals surface area contributed by atoms with Crippen LogP contribution in [0.25, 0.3) is 0 Å². The molecule has 1 nitrogen and oxygen atoms in total. The first-order valence-electron chi connectivity index (χ1n) is 3.71. The van der Waals surface area contributed by atoms with Gasteiger partial charge in [-0.1, -0.05) is 19.2 Å². The maximum absolute atomic E-state index is 11.6. The van der Waals surface area contributed by atoms with Crippen LogP contribution < -0.4 is 51.4 Å². The molecular formula is C6H11BF3KO. The molecule has 0 heterocycles. The van der Waals surface area contributed by atoms with Crippen LogP contribution >= 0.6 is 0 Å². The van der Waals surface area contributed by atoms with Gasteiger partial charge in [0.2, 0.25) is 0 Å². The van der Waals surface area contributed by atoms with Gasteiger partial charge in [-0.2, -0.15) is 0 Å². The van der Waals surface area contributed by atoms with Crippen molar-refractivity contribution in [2.75, 3.05) is 0 Å². The van der Waals surface area contributed by atoms with Gasteiger partial charge in [0, 0.05) is 6.42 Å². The van der Waals surface area contributed by atoms with Crippen molar-refractivity contribution in [1.29, 1.82) is 0 Å². The summed E-state index contributed by atoms with van der Waals surface area (Å²) in [5, 5.41) is 0. The predicted octanol–water partition coefficient (Wildman–Crippen LogP) is -0.403. The first-order valence-corrected chi connectivity index (χ1v) is 3.71. The van der Waals surface area contributed by atoms with E-state index < -0.39 is 13.3 Å². The normalized spacial score (nSPS) is 10.6. The molecule has 0 amide bonds. The maximum atomic E-state index is 11.6. The molecule has 66 valence electrons. The monoisotopic (exact) mass is 206 g/mol. The van der Waals surface area contributed by atoms with Crippen molar-refractivity contribution in [3.8, 4) is 0 Å². The van der Waals surface area contributed by atoms with Crippen molar-refractivity contribution in [3.63, 3.8) is 0 Å². The Morgan fingerprint density at radius 1 is 1.08 bits per heavy atom. The number of carbonyl (C=O) groups excluding carboxylic acids is 1. The second kappa shape index (κ2) is 8.75. The van der Waals surface area contributed by atoms with Crippen molar-refractivity contribution in [1.82, 2.24) is 0 Å². The Morgan fingerprint density at radius 3 is 2.08 bits per heavy atom. The van der Waals surface area contributed by atoms with Crippen LogP contribution in [0.2, 0.25) is 6.32 Å². The van der Waals surface area contributed by atoms with E-state index >= 15 is 0 Å². The molecule has 0 radical (unpaired) electrons. The molecule has 0 saturated carbocycles. The van der Waals surface area contributed by atoms with E-state index in [1.54, 1.807) is 0 Å². The standard InChI is InChI=1S/C6H11BF3O.K/c8-7(9,10)5-3-1-2-4-6-11;/h6H,1-5H2;/q-1;+1. The number of hydrogen-bond donors (Lipinski definition) is 0. The molecular weight excluding hydrogens is 195 g/mol. The van der Waals surface area contributed by atoms with Crippen LogP contribution in [-0.2, 0) is 4.79 Å². The van der Waals surface area contributed by atoms with Crippen molar-refractivity contribution >= 4 is 13.3 Å². The van der Waals surface area contributed by atoms with E-state index in [0.717, 1.165) is 6.29 Å². The van der Waals surface area contributed by atoms with Crippen LogP contribution in [0.4, 0.5) is 12.9 Å². The van der Waals surface area contributed by atoms with Gasteiger partial charge in [0.15, 0.2) is 0 Å². The third-order valence-electron chi connectivity index (χ3n) is 1.35. The van der Waals surface area contributed by atoms with E-state index in [1.165, 1.54) is 0 Å². The molecule has 0 aliphatic rings. The van der Waals surface area contributed by atoms with E-state index in [4.69, 9.17) is 0 Å². The van der Waals surface area contributed by atoms with Crippen LogP contribution in [0.3, 0.4) is 0 Å². The third kappa shape index (κ3) is 13.7. The van der Waals surface area contributed by atoms with E-state index in [9.17, 15) is 17.7 Å². The van der Waals surface area contributed by atoms with E-state index in [1.807, 2.05) is 0 Å². The van der Waals surface area contributed by atoms with Gasteiger partial charge in [0.05, 0.1) is 0 Å². The molecule has 12 heavy (non-hydrogen) atoms. The van der Waals surface area contributed by atoms with Crippen LogP contribution in [0, 0.1) is 0 Å². The molecule has 0 aliphatic carbocycles. The van der Waals surface area contributed by atoms with Gasteiger partial charge in [0.25, 0.3) is 0 Å². The molecule has 0 N–H and O–H groups in total. The fourth-order valence-electron chi connectivity index (χ4n) is 0.780. The Labute approximate surface area is 113 Å². The molecule has 0 aromatic heterocycles. The zero-order chi connectivity index (χ0) is 8.74. The van der Waals surface area contributed by atoms with Gasteiger partial charge in [-0.15, -0.1) is 0 Å². The summed E-state index contributed by atoms with van der Waals surface area (Å²) in [5.74, 6) is 0. The minimum Gasteiger partial charge on any atom is -0.449 e. The molecule has 0 rings (SSSR count). The molecule has 0 aromatic rings. The summed E-state index contributed by atoms with van der Waals surface area (Å²) in [4.78, 5) is 9.75. The topological polar surface area (TPSA) is 17.1 Å². The molecule has 0 unspecified atom stereocenters. The first kappa shape index (κ1) is 15.6. The second-order valence-electron chi connectivity index (χ2n) is 2.52. The summed E-state index contributed by atoms with van der Waals surface area (Å²) in [6, 6.07) is 0. The Morgan fingerprint density at radius 2 is 1.67 bits per heavy atom. The average molecular weight is 206 g/mol. The minimum atomic E-state index is -4.61. The Kier molecular flexibility index (Phi) is 11.4. The minimum absolute atomic E-state index is 0. The molecule has 0 aliphatic heterocycles. The van der Waals surface area contributed by atoms with Crippen LogP contribution in [0.1, 0.15) is 25.7 Å². The van der Waals surface area contributed by atoms with E-state index in [-0.39, 0.29) is 57.8 Å². The summed E-state index contributed by atoms with van der Waals surface area (Å²) in [7, 11) is 0. The quantitative estimate of drug-likeness (QED) is 0.328. The van der Waals surface area contributed by atoms with Crippen molar-refractivity contribution in [3.05, 3.63) is 0 Å². The summed E-state index contributed by atoms with van der Waals surface area (Å²) in [6.07, 6.45) is 1.69. The fraction of sp³-hybridized carbons (Fsp3) is 0.833. The summed E-state index contributed by atoms with van der Waals surface area (Å²) in [5.41, 5.74) is 0. The number of hydrogen-bond acceptors (Lipinski definition) is 1. The van der Waals surface area contributed by atoms with Gasteiger partial charge < -0.3 is 17.7 Å². The van der Waals surface area contributed by atoms with Gasteiger partial charge >= 0.3 is 58.4 Å². The second-order valence-corrected chi connectivity index (χ2v) is 2.52. The Bertz CT molecular complexity index is 118. The predicted molar refractivity (Wildman–Crippen MR) is 38.4 cm³/mol. The van der Waals surface area contributed by atoms with Gasteiger partial charge in [0.1, 0.15) is 6.29 Å². The summed E-state index contributed by atoms with van der Waals surface area (Å²) in [6.45, 7) is -4.61. The first-order chi connectivity index (χ1) is 5.06. The zero-order valence-electron chi connectivity index (χ0n) is 7.23. The van der Waals surface area contributed by atoms with Gasteiger partial charge in [-0.05, 0) is 6.42 Å². The fourth-order valence-corrected chi connectivity index (χ4v) is 0.780. The SMILES string of the molecule is O=CCCCCC[B-](F)(F)F.[K+]. The summed E-state index contributed by atoms with van der Waals surface area (Å²) >= 11 is 0. The molecule has 0 spiro atoms. The number of unbranched alkanes of at least 4 members (excludes halogenated alkanes) is 3. The smallest absolute Gasteiger partial charge is 0.449 e. The van der Waals surface area contributed by atoms with Crippen LogP contribution in [0.5, 0.6) is 0 Å². The van der Waals surface area contributed by atoms with Gasteiger partial charge in [-0.3, -0.25) is 0 Å². The number of rotatable bonds is 6. The molecule has 0 atom stereocenters. The molecule has 6 heteroatoms. The van der Waals surface area contributed by atoms with E-state index in [0.29, 0.717) is 19.3 Å². The number of halogens is 3. The summed E-state index contributed by atoms with van der Waals surface area (Å²) < 4.78 is 34.7. The maximum Gasteiger partial charge on any atom is 1.00 e. The Hall–Kier alpha value is 1.16. The Balaban J connectivity index is 0. The van der Waals surface area contributed by atoms with Crippen molar-refractivity contribution in [2.45, 2.75) is 32.0 Å². The van der Waals surface area contributed by atoms with Crippen LogP contribution in [-0.4, -0.2) is 13.3 Å². The molecule has 0 fully saturated rings. The third-order valence-corrected chi connectivity index (χ3v) is 1.35. The largest absolute Gasteiger partial charge is 1.00 e. The van der Waals surface area contributed by atoms with Crippen LogP contribution in [0.15, 0.2) is 0 Å². The molecule has 0 saturated heterocycles. The molecule has 0 bridgehead atoms.